The minimum atomic E-state index is 0.162. The molecule has 2 rings (SSSR count). The predicted octanol–water partition coefficient (Wildman–Crippen LogP) is 2.58. The number of carbonyl (C=O) groups excluding carboxylic acids is 1. The monoisotopic (exact) mass is 209 g/mol. The van der Waals surface area contributed by atoms with Crippen LogP contribution in [0.3, 0.4) is 0 Å². The van der Waals surface area contributed by atoms with E-state index in [0.29, 0.717) is 5.92 Å². The van der Waals surface area contributed by atoms with E-state index in [0.717, 1.165) is 6.42 Å². The second-order valence-corrected chi connectivity index (χ2v) is 5.04. The molecule has 0 bridgehead atoms. The molecule has 14 heavy (non-hydrogen) atoms. The first-order valence-corrected chi connectivity index (χ1v) is 5.90. The smallest absolute Gasteiger partial charge is 0.223 e. The predicted molar refractivity (Wildman–Crippen MR) is 58.1 cm³/mol. The van der Waals surface area contributed by atoms with Crippen LogP contribution in [0.1, 0.15) is 31.2 Å². The van der Waals surface area contributed by atoms with Crippen molar-refractivity contribution in [1.82, 2.24) is 5.32 Å². The molecule has 0 aromatic carbocycles. The zero-order valence-electron chi connectivity index (χ0n) is 8.49. The fourth-order valence-electron chi connectivity index (χ4n) is 1.62. The summed E-state index contributed by atoms with van der Waals surface area (Å²) >= 11 is 1.69. The zero-order chi connectivity index (χ0) is 10.1. The van der Waals surface area contributed by atoms with Gasteiger partial charge in [0.15, 0.2) is 0 Å². The van der Waals surface area contributed by atoms with Crippen molar-refractivity contribution in [1.29, 1.82) is 0 Å². The van der Waals surface area contributed by atoms with Crippen LogP contribution < -0.4 is 5.32 Å². The Kier molecular flexibility index (Phi) is 2.59. The van der Waals surface area contributed by atoms with Gasteiger partial charge in [-0.3, -0.25) is 4.79 Å². The van der Waals surface area contributed by atoms with Crippen LogP contribution in [0.5, 0.6) is 0 Å². The third-order valence-electron chi connectivity index (χ3n) is 2.77. The topological polar surface area (TPSA) is 29.1 Å². The molecule has 1 aromatic heterocycles. The van der Waals surface area contributed by atoms with Crippen LogP contribution in [-0.4, -0.2) is 5.91 Å². The Bertz CT molecular complexity index is 320. The average Bonchev–Trinajstić information content (AvgIpc) is 2.70. The highest BCUT2D eigenvalue weighted by Crippen LogP contribution is 2.38. The lowest BCUT2D eigenvalue weighted by Crippen LogP contribution is -2.27. The van der Waals surface area contributed by atoms with Gasteiger partial charge in [-0.15, -0.1) is 11.3 Å². The summed E-state index contributed by atoms with van der Waals surface area (Å²) in [6.45, 7) is 4.16. The van der Waals surface area contributed by atoms with Gasteiger partial charge in [-0.2, -0.15) is 0 Å². The molecule has 3 unspecified atom stereocenters. The molecule has 1 N–H and O–H groups in total. The van der Waals surface area contributed by atoms with Gasteiger partial charge in [0.2, 0.25) is 5.91 Å². The van der Waals surface area contributed by atoms with E-state index >= 15 is 0 Å². The lowest BCUT2D eigenvalue weighted by molar-refractivity contribution is -0.123. The first kappa shape index (κ1) is 9.71. The van der Waals surface area contributed by atoms with Gasteiger partial charge in [0.05, 0.1) is 6.04 Å². The van der Waals surface area contributed by atoms with E-state index in [-0.39, 0.29) is 17.9 Å². The largest absolute Gasteiger partial charge is 0.349 e. The number of thiophene rings is 1. The molecule has 0 saturated heterocycles. The molecule has 1 aliphatic carbocycles. The normalized spacial score (nSPS) is 27.0. The van der Waals surface area contributed by atoms with Crippen molar-refractivity contribution in [3.8, 4) is 0 Å². The van der Waals surface area contributed by atoms with Gasteiger partial charge in [0, 0.05) is 10.8 Å². The molecule has 1 aromatic rings. The van der Waals surface area contributed by atoms with E-state index in [1.165, 1.54) is 4.88 Å². The summed E-state index contributed by atoms with van der Waals surface area (Å²) in [7, 11) is 0. The van der Waals surface area contributed by atoms with E-state index in [1.807, 2.05) is 18.4 Å². The molecule has 1 aliphatic rings. The molecule has 2 nitrogen and oxygen atoms in total. The van der Waals surface area contributed by atoms with Crippen molar-refractivity contribution in [3.05, 3.63) is 22.4 Å². The highest BCUT2D eigenvalue weighted by atomic mass is 32.1. The summed E-state index contributed by atoms with van der Waals surface area (Å²) in [6.07, 6.45) is 1.06. The van der Waals surface area contributed by atoms with Crippen molar-refractivity contribution < 1.29 is 4.79 Å². The van der Waals surface area contributed by atoms with E-state index < -0.39 is 0 Å². The molecule has 3 heteroatoms. The maximum Gasteiger partial charge on any atom is 0.223 e. The number of hydrogen-bond acceptors (Lipinski definition) is 2. The van der Waals surface area contributed by atoms with Crippen LogP contribution in [0.25, 0.3) is 0 Å². The number of amides is 1. The van der Waals surface area contributed by atoms with Crippen LogP contribution in [0.4, 0.5) is 0 Å². The van der Waals surface area contributed by atoms with Crippen LogP contribution in [0.2, 0.25) is 0 Å². The molecular weight excluding hydrogens is 194 g/mol. The summed E-state index contributed by atoms with van der Waals surface area (Å²) in [5.41, 5.74) is 0. The lowest BCUT2D eigenvalue weighted by Gasteiger charge is -2.11. The van der Waals surface area contributed by atoms with Crippen LogP contribution in [0.15, 0.2) is 17.5 Å². The van der Waals surface area contributed by atoms with E-state index in [9.17, 15) is 4.79 Å². The Balaban J connectivity index is 1.88. The molecule has 1 amide bonds. The van der Waals surface area contributed by atoms with Crippen LogP contribution >= 0.6 is 11.3 Å². The molecular formula is C11H15NOS. The van der Waals surface area contributed by atoms with Crippen molar-refractivity contribution in [3.63, 3.8) is 0 Å². The Hall–Kier alpha value is -0.830. The van der Waals surface area contributed by atoms with Crippen molar-refractivity contribution in [2.45, 2.75) is 26.3 Å². The zero-order valence-corrected chi connectivity index (χ0v) is 9.30. The van der Waals surface area contributed by atoms with E-state index in [1.54, 1.807) is 11.3 Å². The second-order valence-electron chi connectivity index (χ2n) is 4.07. The molecule has 0 radical (unpaired) electrons. The number of nitrogens with one attached hydrogen (secondary N) is 1. The Morgan fingerprint density at radius 1 is 1.71 bits per heavy atom. The Morgan fingerprint density at radius 2 is 2.43 bits per heavy atom. The number of rotatable bonds is 3. The maximum atomic E-state index is 11.6. The van der Waals surface area contributed by atoms with Gasteiger partial charge in [0.25, 0.3) is 0 Å². The van der Waals surface area contributed by atoms with Gasteiger partial charge in [-0.1, -0.05) is 13.0 Å². The number of carbonyl (C=O) groups is 1. The SMILES string of the molecule is CC(NC(=O)C1CC1C)c1cccs1. The molecule has 0 aliphatic heterocycles. The standard InChI is InChI=1S/C11H15NOS/c1-7-6-9(7)11(13)12-8(2)10-4-3-5-14-10/h3-5,7-9H,6H2,1-2H3,(H,12,13). The molecule has 3 atom stereocenters. The minimum Gasteiger partial charge on any atom is -0.349 e. The molecule has 1 saturated carbocycles. The quantitative estimate of drug-likeness (QED) is 0.814. The summed E-state index contributed by atoms with van der Waals surface area (Å²) in [4.78, 5) is 12.8. The number of hydrogen-bond donors (Lipinski definition) is 1. The second kappa shape index (κ2) is 3.73. The van der Waals surface area contributed by atoms with Gasteiger partial charge < -0.3 is 5.32 Å². The fourth-order valence-corrected chi connectivity index (χ4v) is 2.35. The highest BCUT2D eigenvalue weighted by Gasteiger charge is 2.39. The molecule has 1 heterocycles. The molecule has 76 valence electrons. The highest BCUT2D eigenvalue weighted by molar-refractivity contribution is 7.10. The van der Waals surface area contributed by atoms with Crippen LogP contribution in [0, 0.1) is 11.8 Å². The summed E-state index contributed by atoms with van der Waals surface area (Å²) in [5.74, 6) is 1.08. The summed E-state index contributed by atoms with van der Waals surface area (Å²) in [6, 6.07) is 4.24. The molecule has 0 spiro atoms. The van der Waals surface area contributed by atoms with Crippen LogP contribution in [-0.2, 0) is 4.79 Å². The Labute approximate surface area is 88.3 Å². The van der Waals surface area contributed by atoms with Crippen molar-refractivity contribution >= 4 is 17.2 Å². The van der Waals surface area contributed by atoms with Gasteiger partial charge in [-0.05, 0) is 30.7 Å². The third kappa shape index (κ3) is 1.98. The summed E-state index contributed by atoms with van der Waals surface area (Å²) in [5, 5.41) is 5.09. The molecule has 1 fully saturated rings. The van der Waals surface area contributed by atoms with Gasteiger partial charge >= 0.3 is 0 Å². The lowest BCUT2D eigenvalue weighted by atomic mass is 10.2. The van der Waals surface area contributed by atoms with Crippen molar-refractivity contribution in [2.75, 3.05) is 0 Å². The fraction of sp³-hybridized carbons (Fsp3) is 0.545. The minimum absolute atomic E-state index is 0.162. The first-order chi connectivity index (χ1) is 6.68. The Morgan fingerprint density at radius 3 is 2.93 bits per heavy atom. The van der Waals surface area contributed by atoms with Gasteiger partial charge in [-0.25, -0.2) is 0 Å². The summed E-state index contributed by atoms with van der Waals surface area (Å²) < 4.78 is 0. The van der Waals surface area contributed by atoms with Gasteiger partial charge in [0.1, 0.15) is 0 Å². The average molecular weight is 209 g/mol. The maximum absolute atomic E-state index is 11.6. The first-order valence-electron chi connectivity index (χ1n) is 5.02. The van der Waals surface area contributed by atoms with Crippen molar-refractivity contribution in [2.24, 2.45) is 11.8 Å². The third-order valence-corrected chi connectivity index (χ3v) is 3.83. The van der Waals surface area contributed by atoms with E-state index in [4.69, 9.17) is 0 Å². The van der Waals surface area contributed by atoms with E-state index in [2.05, 4.69) is 18.3 Å².